The van der Waals surface area contributed by atoms with Crippen LogP contribution < -0.4 is 4.90 Å². The smallest absolute Gasteiger partial charge is 0.0714 e. The van der Waals surface area contributed by atoms with Crippen LogP contribution in [0, 0.1) is 0 Å². The van der Waals surface area contributed by atoms with Crippen molar-refractivity contribution < 1.29 is 5.48 Å². The van der Waals surface area contributed by atoms with Crippen LogP contribution in [0.1, 0.15) is 44.4 Å². The van der Waals surface area contributed by atoms with Crippen molar-refractivity contribution in [2.75, 3.05) is 4.90 Å². The van der Waals surface area contributed by atoms with Crippen LogP contribution >= 0.6 is 0 Å². The summed E-state index contributed by atoms with van der Waals surface area (Å²) < 4.78 is 39.9. The molecule has 1 heteroatoms. The van der Waals surface area contributed by atoms with Crippen molar-refractivity contribution in [1.29, 1.82) is 0 Å². The van der Waals surface area contributed by atoms with E-state index in [1.165, 1.54) is 0 Å². The molecule has 64 heavy (non-hydrogen) atoms. The average molecular weight is 822 g/mol. The third-order valence-electron chi connectivity index (χ3n) is 12.3. The summed E-state index contributed by atoms with van der Waals surface area (Å²) in [6, 6.07) is 60.8. The largest absolute Gasteiger partial charge is 0.310 e. The number of allylic oxidation sites excluding steroid dienone is 6. The first-order chi connectivity index (χ1) is 33.3. The number of hydrogen-bond acceptors (Lipinski definition) is 1. The van der Waals surface area contributed by atoms with Gasteiger partial charge in [-0.15, -0.1) is 0 Å². The highest BCUT2D eigenvalue weighted by molar-refractivity contribution is 6.12. The predicted molar refractivity (Wildman–Crippen MR) is 275 cm³/mol. The van der Waals surface area contributed by atoms with Gasteiger partial charge in [-0.05, 0) is 131 Å². The molecule has 304 valence electrons. The molecule has 1 nitrogen and oxygen atoms in total. The molecule has 1 aliphatic rings. The van der Waals surface area contributed by atoms with Gasteiger partial charge in [0.1, 0.15) is 0 Å². The molecule has 0 aliphatic heterocycles. The van der Waals surface area contributed by atoms with Crippen LogP contribution in [0.4, 0.5) is 17.1 Å². The lowest BCUT2D eigenvalue weighted by atomic mass is 9.67. The monoisotopic (exact) mass is 821 g/mol. The molecule has 1 aliphatic carbocycles. The molecule has 10 rings (SSSR count). The Balaban J connectivity index is 1.30. The quantitative estimate of drug-likeness (QED) is 0.0674. The number of hydrogen-bond donors (Lipinski definition) is 0. The van der Waals surface area contributed by atoms with E-state index in [-0.39, 0.29) is 35.4 Å². The van der Waals surface area contributed by atoms with Gasteiger partial charge in [0, 0.05) is 17.1 Å². The van der Waals surface area contributed by atoms with E-state index >= 15 is 0 Å². The Morgan fingerprint density at radius 1 is 0.516 bits per heavy atom. The maximum absolute atomic E-state index is 10.1. The molecule has 0 bridgehead atoms. The Morgan fingerprint density at radius 3 is 1.92 bits per heavy atom. The minimum Gasteiger partial charge on any atom is -0.310 e. The maximum atomic E-state index is 10.1. The molecule has 0 heterocycles. The van der Waals surface area contributed by atoms with E-state index in [1.807, 2.05) is 120 Å². The summed E-state index contributed by atoms with van der Waals surface area (Å²) in [6.45, 7) is 12.4. The summed E-state index contributed by atoms with van der Waals surface area (Å²) >= 11 is 0. The van der Waals surface area contributed by atoms with E-state index in [1.54, 1.807) is 12.2 Å². The second kappa shape index (κ2) is 17.2. The van der Waals surface area contributed by atoms with Crippen molar-refractivity contribution in [1.82, 2.24) is 0 Å². The van der Waals surface area contributed by atoms with E-state index < -0.39 is 5.41 Å². The summed E-state index contributed by atoms with van der Waals surface area (Å²) in [5.41, 5.74) is 10.4. The Morgan fingerprint density at radius 2 is 1.17 bits per heavy atom. The summed E-state index contributed by atoms with van der Waals surface area (Å²) in [5.74, 6) is 0. The van der Waals surface area contributed by atoms with Gasteiger partial charge in [-0.25, -0.2) is 0 Å². The van der Waals surface area contributed by atoms with E-state index in [2.05, 4.69) is 117 Å². The van der Waals surface area contributed by atoms with Gasteiger partial charge in [0.2, 0.25) is 0 Å². The van der Waals surface area contributed by atoms with Crippen molar-refractivity contribution in [3.63, 3.8) is 0 Å². The van der Waals surface area contributed by atoms with E-state index in [0.29, 0.717) is 16.9 Å². The van der Waals surface area contributed by atoms with Crippen LogP contribution in [-0.2, 0) is 5.41 Å². The molecule has 0 aromatic heterocycles. The van der Waals surface area contributed by atoms with Gasteiger partial charge in [0.05, 0.1) is 10.9 Å². The van der Waals surface area contributed by atoms with E-state index in [0.717, 1.165) is 71.6 Å². The van der Waals surface area contributed by atoms with Gasteiger partial charge in [0.25, 0.3) is 0 Å². The topological polar surface area (TPSA) is 3.24 Å². The standard InChI is InChI=1S/C63H47N/c1-4-7-24-48-42-49-27-17-18-30-55(49)60-43-53(37-39-56(48)60)64(52-35-33-47(34-36-52)59(46-25-13-9-14-26-46)41-45-22-11-8-12-23-45)54-38-40-58-57-31-19-20-32-61(57)63(62(58)44-54,50(6-3)21-5-2)51-28-15-10-16-29-51/h4-44H,1-3H2/b24-7-,50-21+,59-41+/i33D,34D,35D,36D. The first-order valence-corrected chi connectivity index (χ1v) is 21.5. The number of benzene rings is 9. The molecular formula is C63H47N. The number of rotatable bonds is 12. The van der Waals surface area contributed by atoms with Gasteiger partial charge in [-0.1, -0.05) is 220 Å². The van der Waals surface area contributed by atoms with Gasteiger partial charge in [0.15, 0.2) is 0 Å². The molecule has 0 saturated carbocycles. The number of nitrogens with zero attached hydrogens (tertiary/aromatic N) is 1. The van der Waals surface area contributed by atoms with Gasteiger partial charge < -0.3 is 4.90 Å². The summed E-state index contributed by atoms with van der Waals surface area (Å²) in [7, 11) is 0. The summed E-state index contributed by atoms with van der Waals surface area (Å²) in [5, 5.41) is 4.12. The van der Waals surface area contributed by atoms with Crippen LogP contribution in [0.5, 0.6) is 0 Å². The molecule has 0 spiro atoms. The minimum absolute atomic E-state index is 0.133. The summed E-state index contributed by atoms with van der Waals surface area (Å²) in [6.07, 6.45) is 13.4. The third kappa shape index (κ3) is 6.94. The number of fused-ring (bicyclic) bond motifs is 6. The molecule has 0 fully saturated rings. The normalized spacial score (nSPS) is 15.5. The molecule has 1 atom stereocenters. The van der Waals surface area contributed by atoms with Crippen molar-refractivity contribution in [3.8, 4) is 11.1 Å². The van der Waals surface area contributed by atoms with Crippen molar-refractivity contribution in [2.45, 2.75) is 5.41 Å². The Kier molecular flexibility index (Phi) is 9.53. The minimum atomic E-state index is -0.817. The van der Waals surface area contributed by atoms with Gasteiger partial charge in [-0.2, -0.15) is 0 Å². The first kappa shape index (κ1) is 35.3. The van der Waals surface area contributed by atoms with Crippen LogP contribution in [0.15, 0.2) is 262 Å². The van der Waals surface area contributed by atoms with Crippen LogP contribution in [0.2, 0.25) is 0 Å². The molecule has 0 amide bonds. The Labute approximate surface area is 382 Å². The fourth-order valence-corrected chi connectivity index (χ4v) is 9.52. The lowest BCUT2D eigenvalue weighted by molar-refractivity contribution is 0.767. The zero-order valence-electron chi connectivity index (χ0n) is 39.4. The average Bonchev–Trinajstić information content (AvgIpc) is 3.68. The lowest BCUT2D eigenvalue weighted by Gasteiger charge is -2.35. The predicted octanol–water partition coefficient (Wildman–Crippen LogP) is 16.9. The van der Waals surface area contributed by atoms with Crippen molar-refractivity contribution >= 4 is 56.3 Å². The number of anilines is 3. The fraction of sp³-hybridized carbons (Fsp3) is 0.0159. The molecule has 1 unspecified atom stereocenters. The third-order valence-corrected chi connectivity index (χ3v) is 12.3. The first-order valence-electron chi connectivity index (χ1n) is 23.5. The zero-order chi connectivity index (χ0) is 46.9. The highest BCUT2D eigenvalue weighted by atomic mass is 15.1. The second-order valence-corrected chi connectivity index (χ2v) is 15.9. The lowest BCUT2D eigenvalue weighted by Crippen LogP contribution is -2.29. The van der Waals surface area contributed by atoms with Crippen LogP contribution in [0.3, 0.4) is 0 Å². The molecule has 0 radical (unpaired) electrons. The Hall–Kier alpha value is -8.26. The molecular weight excluding hydrogens is 771 g/mol. The highest BCUT2D eigenvalue weighted by Gasteiger charge is 2.46. The molecule has 0 N–H and O–H groups in total. The highest BCUT2D eigenvalue weighted by Crippen LogP contribution is 2.58. The van der Waals surface area contributed by atoms with Crippen LogP contribution in [-0.4, -0.2) is 0 Å². The van der Waals surface area contributed by atoms with E-state index in [4.69, 9.17) is 0 Å². The molecule has 9 aromatic carbocycles. The molecule has 9 aromatic rings. The maximum Gasteiger partial charge on any atom is 0.0714 e. The SMILES string of the molecule is [2H]c1c([2H])c(N(c2ccc3c(c2)C(/C(C=C)=C/C=C)(c2ccccc2)c2ccccc2-3)c2ccc3c(/C=C\C=C)cc4ccccc4c3c2)c([2H])c([2H])c1/C(=C/c1ccccc1)c1ccccc1. The zero-order valence-corrected chi connectivity index (χ0v) is 35.4. The Bertz CT molecular complexity index is 3520. The van der Waals surface area contributed by atoms with Crippen molar-refractivity contribution in [2.24, 2.45) is 0 Å². The molecule has 0 saturated heterocycles. The van der Waals surface area contributed by atoms with E-state index in [9.17, 15) is 5.48 Å². The van der Waals surface area contributed by atoms with Gasteiger partial charge >= 0.3 is 0 Å². The fourth-order valence-electron chi connectivity index (χ4n) is 9.52. The second-order valence-electron chi connectivity index (χ2n) is 15.9. The summed E-state index contributed by atoms with van der Waals surface area (Å²) in [4.78, 5) is 1.91. The van der Waals surface area contributed by atoms with Gasteiger partial charge in [-0.3, -0.25) is 0 Å². The van der Waals surface area contributed by atoms with Crippen LogP contribution in [0.25, 0.3) is 50.4 Å². The van der Waals surface area contributed by atoms with Crippen molar-refractivity contribution in [3.05, 3.63) is 301 Å².